The summed E-state index contributed by atoms with van der Waals surface area (Å²) in [4.78, 5) is 8.96. The number of nitrogens with zero attached hydrogens (tertiary/aromatic N) is 2. The molecule has 0 bridgehead atoms. The van der Waals surface area contributed by atoms with Gasteiger partial charge in [0.15, 0.2) is 0 Å². The monoisotopic (exact) mass is 371 g/mol. The highest BCUT2D eigenvalue weighted by atomic mass is 79.9. The maximum Gasteiger partial charge on any atom is 0.145 e. The molecule has 0 aliphatic carbocycles. The van der Waals surface area contributed by atoms with Crippen LogP contribution in [0.1, 0.15) is 36.8 Å². The summed E-state index contributed by atoms with van der Waals surface area (Å²) in [6, 6.07) is 4.95. The average Bonchev–Trinajstić information content (AvgIpc) is 2.45. The Morgan fingerprint density at radius 3 is 2.67 bits per heavy atom. The third-order valence-corrected chi connectivity index (χ3v) is 4.16. The Bertz CT molecular complexity index is 662. The molecule has 0 unspecified atom stereocenters. The zero-order valence-corrected chi connectivity index (χ0v) is 14.4. The predicted molar refractivity (Wildman–Crippen MR) is 87.6 cm³/mol. The maximum absolute atomic E-state index is 14.0. The number of rotatable bonds is 4. The van der Waals surface area contributed by atoms with E-state index in [1.807, 2.05) is 0 Å². The number of hydrogen-bond donors (Lipinski definition) is 1. The molecule has 1 heterocycles. The number of anilines is 1. The molecule has 1 aromatic carbocycles. The van der Waals surface area contributed by atoms with Crippen molar-refractivity contribution in [2.24, 2.45) is 0 Å². The van der Waals surface area contributed by atoms with E-state index in [2.05, 4.69) is 45.1 Å². The molecule has 1 N–H and O–H groups in total. The van der Waals surface area contributed by atoms with Gasteiger partial charge < -0.3 is 5.32 Å². The van der Waals surface area contributed by atoms with Gasteiger partial charge in [0.25, 0.3) is 0 Å². The van der Waals surface area contributed by atoms with Gasteiger partial charge >= 0.3 is 0 Å². The second kappa shape index (κ2) is 6.71. The van der Waals surface area contributed by atoms with E-state index in [4.69, 9.17) is 11.6 Å². The van der Waals surface area contributed by atoms with Crippen LogP contribution in [0.15, 0.2) is 22.7 Å². The Morgan fingerprint density at radius 2 is 2.05 bits per heavy atom. The van der Waals surface area contributed by atoms with Gasteiger partial charge in [0.05, 0.1) is 15.2 Å². The molecular formula is C15H16BrClFN3. The summed E-state index contributed by atoms with van der Waals surface area (Å²) in [5.74, 6) is 1.08. The highest BCUT2D eigenvalue weighted by Gasteiger charge is 2.16. The molecule has 0 saturated heterocycles. The number of halogens is 3. The molecule has 0 saturated carbocycles. The lowest BCUT2D eigenvalue weighted by molar-refractivity contribution is 0.612. The molecule has 0 fully saturated rings. The van der Waals surface area contributed by atoms with Gasteiger partial charge in [-0.2, -0.15) is 0 Å². The number of nitrogens with one attached hydrogen (secondary N) is 1. The molecule has 0 spiro atoms. The van der Waals surface area contributed by atoms with Crippen LogP contribution in [-0.4, -0.2) is 17.0 Å². The van der Waals surface area contributed by atoms with Crippen molar-refractivity contribution in [3.05, 3.63) is 50.6 Å². The molecule has 21 heavy (non-hydrogen) atoms. The van der Waals surface area contributed by atoms with E-state index in [1.54, 1.807) is 19.2 Å². The van der Waals surface area contributed by atoms with Crippen LogP contribution in [0.25, 0.3) is 0 Å². The van der Waals surface area contributed by atoms with Crippen molar-refractivity contribution in [1.82, 2.24) is 9.97 Å². The fourth-order valence-electron chi connectivity index (χ4n) is 2.00. The van der Waals surface area contributed by atoms with Crippen molar-refractivity contribution in [1.29, 1.82) is 0 Å². The molecule has 2 aromatic rings. The van der Waals surface area contributed by atoms with Gasteiger partial charge in [-0.15, -0.1) is 0 Å². The highest BCUT2D eigenvalue weighted by Crippen LogP contribution is 2.29. The van der Waals surface area contributed by atoms with Crippen LogP contribution >= 0.6 is 27.5 Å². The zero-order chi connectivity index (χ0) is 15.6. The molecule has 1 aromatic heterocycles. The summed E-state index contributed by atoms with van der Waals surface area (Å²) in [6.07, 6.45) is 0.300. The number of benzene rings is 1. The van der Waals surface area contributed by atoms with Crippen molar-refractivity contribution in [2.45, 2.75) is 26.2 Å². The van der Waals surface area contributed by atoms with Gasteiger partial charge in [0, 0.05) is 13.5 Å². The molecule has 0 atom stereocenters. The lowest BCUT2D eigenvalue weighted by Crippen LogP contribution is -2.08. The summed E-state index contributed by atoms with van der Waals surface area (Å²) in [7, 11) is 1.79. The van der Waals surface area contributed by atoms with Crippen molar-refractivity contribution in [3.8, 4) is 0 Å². The first-order chi connectivity index (χ1) is 9.93. The fraction of sp³-hybridized carbons (Fsp3) is 0.333. The Labute approximate surface area is 137 Å². The Morgan fingerprint density at radius 1 is 1.33 bits per heavy atom. The molecule has 0 amide bonds. The van der Waals surface area contributed by atoms with E-state index in [1.165, 1.54) is 6.07 Å². The standard InChI is InChI=1S/C15H16BrClFN3/c1-8(2)14-12(16)15(19-3)21-11(20-14)7-9-5-4-6-10(17)13(9)18/h4-6,8H,7H2,1-3H3,(H,19,20,21). The lowest BCUT2D eigenvalue weighted by atomic mass is 10.1. The Balaban J connectivity index is 2.45. The minimum Gasteiger partial charge on any atom is -0.372 e. The highest BCUT2D eigenvalue weighted by molar-refractivity contribution is 9.10. The van der Waals surface area contributed by atoms with Crippen LogP contribution in [0.3, 0.4) is 0 Å². The summed E-state index contributed by atoms with van der Waals surface area (Å²) < 4.78 is 14.8. The average molecular weight is 373 g/mol. The fourth-order valence-corrected chi connectivity index (χ4v) is 3.02. The van der Waals surface area contributed by atoms with Crippen molar-refractivity contribution >= 4 is 33.3 Å². The van der Waals surface area contributed by atoms with Crippen LogP contribution in [0, 0.1) is 5.82 Å². The van der Waals surface area contributed by atoms with E-state index < -0.39 is 5.82 Å². The summed E-state index contributed by atoms with van der Waals surface area (Å²) >= 11 is 9.31. The Hall–Kier alpha value is -1.20. The van der Waals surface area contributed by atoms with Gasteiger partial charge in [-0.05, 0) is 33.5 Å². The lowest BCUT2D eigenvalue weighted by Gasteiger charge is -2.13. The van der Waals surface area contributed by atoms with Gasteiger partial charge in [-0.1, -0.05) is 37.6 Å². The minimum atomic E-state index is -0.414. The predicted octanol–water partition coefficient (Wildman–Crippen LogP) is 4.79. The molecule has 0 aliphatic heterocycles. The van der Waals surface area contributed by atoms with Gasteiger partial charge in [0.2, 0.25) is 0 Å². The molecular weight excluding hydrogens is 357 g/mol. The Kier molecular flexibility index (Phi) is 5.17. The molecule has 0 radical (unpaired) electrons. The smallest absolute Gasteiger partial charge is 0.145 e. The summed E-state index contributed by atoms with van der Waals surface area (Å²) in [5.41, 5.74) is 1.38. The first-order valence-corrected chi connectivity index (χ1v) is 7.78. The molecule has 6 heteroatoms. The van der Waals surface area contributed by atoms with Crippen LogP contribution in [0.2, 0.25) is 5.02 Å². The zero-order valence-electron chi connectivity index (χ0n) is 12.0. The van der Waals surface area contributed by atoms with E-state index in [0.717, 1.165) is 10.2 Å². The minimum absolute atomic E-state index is 0.113. The molecule has 3 nitrogen and oxygen atoms in total. The second-order valence-corrected chi connectivity index (χ2v) is 6.18. The van der Waals surface area contributed by atoms with Crippen LogP contribution in [0.5, 0.6) is 0 Å². The van der Waals surface area contributed by atoms with Gasteiger partial charge in [0.1, 0.15) is 17.5 Å². The van der Waals surface area contributed by atoms with Crippen LogP contribution in [0.4, 0.5) is 10.2 Å². The van der Waals surface area contributed by atoms with E-state index in [-0.39, 0.29) is 10.9 Å². The van der Waals surface area contributed by atoms with Gasteiger partial charge in [-0.3, -0.25) is 0 Å². The maximum atomic E-state index is 14.0. The van der Waals surface area contributed by atoms with Crippen molar-refractivity contribution in [2.75, 3.05) is 12.4 Å². The van der Waals surface area contributed by atoms with E-state index in [0.29, 0.717) is 23.6 Å². The third kappa shape index (κ3) is 3.52. The van der Waals surface area contributed by atoms with Crippen LogP contribution < -0.4 is 5.32 Å². The summed E-state index contributed by atoms with van der Waals surface area (Å²) in [5, 5.41) is 3.14. The van der Waals surface area contributed by atoms with Crippen molar-refractivity contribution < 1.29 is 4.39 Å². The third-order valence-electron chi connectivity index (χ3n) is 3.09. The normalized spacial score (nSPS) is 11.0. The molecule has 2 rings (SSSR count). The molecule has 112 valence electrons. The number of hydrogen-bond acceptors (Lipinski definition) is 3. The largest absolute Gasteiger partial charge is 0.372 e. The first kappa shape index (κ1) is 16.2. The topological polar surface area (TPSA) is 37.8 Å². The molecule has 0 aliphatic rings. The second-order valence-electron chi connectivity index (χ2n) is 4.98. The van der Waals surface area contributed by atoms with E-state index >= 15 is 0 Å². The SMILES string of the molecule is CNc1nc(Cc2cccc(Cl)c2F)nc(C(C)C)c1Br. The van der Waals surface area contributed by atoms with Crippen LogP contribution in [-0.2, 0) is 6.42 Å². The van der Waals surface area contributed by atoms with Crippen molar-refractivity contribution in [3.63, 3.8) is 0 Å². The quantitative estimate of drug-likeness (QED) is 0.838. The number of aromatic nitrogens is 2. The van der Waals surface area contributed by atoms with Gasteiger partial charge in [-0.25, -0.2) is 14.4 Å². The summed E-state index contributed by atoms with van der Waals surface area (Å²) in [6.45, 7) is 4.10. The first-order valence-electron chi connectivity index (χ1n) is 6.61. The van der Waals surface area contributed by atoms with E-state index in [9.17, 15) is 4.39 Å².